The van der Waals surface area contributed by atoms with Gasteiger partial charge >= 0.3 is 0 Å². The molecular formula is C11H18N2O2S. The number of anilines is 1. The number of rotatable bonds is 5. The number of aromatic nitrogens is 1. The van der Waals surface area contributed by atoms with E-state index in [1.165, 1.54) is 11.3 Å². The Morgan fingerprint density at radius 2 is 2.25 bits per heavy atom. The highest BCUT2D eigenvalue weighted by molar-refractivity contribution is 7.13. The predicted molar refractivity (Wildman–Crippen MR) is 65.4 cm³/mol. The first-order valence-electron chi connectivity index (χ1n) is 5.42. The Labute approximate surface area is 99.7 Å². The van der Waals surface area contributed by atoms with Gasteiger partial charge in [0, 0.05) is 11.8 Å². The maximum absolute atomic E-state index is 11.5. The lowest BCUT2D eigenvalue weighted by molar-refractivity contribution is -0.116. The Hall–Kier alpha value is -0.940. The van der Waals surface area contributed by atoms with E-state index in [0.717, 1.165) is 6.42 Å². The average molecular weight is 242 g/mol. The van der Waals surface area contributed by atoms with Crippen LogP contribution in [-0.2, 0) is 4.79 Å². The fraction of sp³-hybridized carbons (Fsp3) is 0.636. The van der Waals surface area contributed by atoms with Crippen molar-refractivity contribution in [3.8, 4) is 0 Å². The van der Waals surface area contributed by atoms with Crippen molar-refractivity contribution in [1.29, 1.82) is 0 Å². The SMILES string of the molecule is CC(C)CCC(=O)Nc1nc(C(C)O)cs1. The van der Waals surface area contributed by atoms with Crippen LogP contribution in [0, 0.1) is 5.92 Å². The third kappa shape index (κ3) is 4.28. The fourth-order valence-electron chi connectivity index (χ4n) is 1.14. The highest BCUT2D eigenvalue weighted by Gasteiger charge is 2.09. The second kappa shape index (κ2) is 5.96. The first-order chi connectivity index (χ1) is 7.49. The van der Waals surface area contributed by atoms with E-state index in [1.807, 2.05) is 0 Å². The molecule has 1 heterocycles. The molecule has 5 heteroatoms. The van der Waals surface area contributed by atoms with Gasteiger partial charge in [-0.05, 0) is 19.3 Å². The zero-order chi connectivity index (χ0) is 12.1. The molecule has 2 N–H and O–H groups in total. The fourth-order valence-corrected chi connectivity index (χ4v) is 1.95. The molecule has 0 saturated heterocycles. The summed E-state index contributed by atoms with van der Waals surface area (Å²) in [5, 5.41) is 14.3. The number of hydrogen-bond acceptors (Lipinski definition) is 4. The van der Waals surface area contributed by atoms with Crippen LogP contribution < -0.4 is 5.32 Å². The monoisotopic (exact) mass is 242 g/mol. The minimum absolute atomic E-state index is 0.0137. The molecule has 0 radical (unpaired) electrons. The Balaban J connectivity index is 2.43. The number of aliphatic hydroxyl groups is 1. The summed E-state index contributed by atoms with van der Waals surface area (Å²) in [5.41, 5.74) is 0.601. The van der Waals surface area contributed by atoms with Gasteiger partial charge in [0.15, 0.2) is 5.13 Å². The minimum atomic E-state index is -0.586. The van der Waals surface area contributed by atoms with Crippen LogP contribution in [0.5, 0.6) is 0 Å². The van der Waals surface area contributed by atoms with Crippen LogP contribution in [0.4, 0.5) is 5.13 Å². The van der Waals surface area contributed by atoms with E-state index in [0.29, 0.717) is 23.2 Å². The Morgan fingerprint density at radius 3 is 2.75 bits per heavy atom. The number of hydrogen-bond donors (Lipinski definition) is 2. The molecular weight excluding hydrogens is 224 g/mol. The zero-order valence-electron chi connectivity index (χ0n) is 9.86. The topological polar surface area (TPSA) is 62.2 Å². The van der Waals surface area contributed by atoms with Gasteiger partial charge < -0.3 is 10.4 Å². The molecule has 16 heavy (non-hydrogen) atoms. The summed E-state index contributed by atoms with van der Waals surface area (Å²) in [7, 11) is 0. The third-order valence-electron chi connectivity index (χ3n) is 2.15. The first kappa shape index (κ1) is 13.1. The molecule has 0 fully saturated rings. The second-order valence-corrected chi connectivity index (χ2v) is 5.09. The van der Waals surface area contributed by atoms with E-state index in [2.05, 4.69) is 24.1 Å². The quantitative estimate of drug-likeness (QED) is 0.834. The van der Waals surface area contributed by atoms with Crippen molar-refractivity contribution >= 4 is 22.4 Å². The molecule has 1 aromatic rings. The summed E-state index contributed by atoms with van der Waals surface area (Å²) < 4.78 is 0. The molecule has 0 bridgehead atoms. The smallest absolute Gasteiger partial charge is 0.226 e. The van der Waals surface area contributed by atoms with Crippen LogP contribution in [-0.4, -0.2) is 16.0 Å². The standard InChI is InChI=1S/C11H18N2O2S/c1-7(2)4-5-10(15)13-11-12-9(6-16-11)8(3)14/h6-8,14H,4-5H2,1-3H3,(H,12,13,15). The molecule has 90 valence electrons. The van der Waals surface area contributed by atoms with Crippen molar-refractivity contribution in [2.75, 3.05) is 5.32 Å². The van der Waals surface area contributed by atoms with Gasteiger partial charge in [-0.1, -0.05) is 13.8 Å². The van der Waals surface area contributed by atoms with Crippen LogP contribution in [0.3, 0.4) is 0 Å². The molecule has 1 rings (SSSR count). The number of carbonyl (C=O) groups is 1. The summed E-state index contributed by atoms with van der Waals surface area (Å²) in [5.74, 6) is 0.510. The molecule has 0 aliphatic carbocycles. The lowest BCUT2D eigenvalue weighted by Crippen LogP contribution is -2.12. The Kier molecular flexibility index (Phi) is 4.89. The zero-order valence-corrected chi connectivity index (χ0v) is 10.7. The van der Waals surface area contributed by atoms with Gasteiger partial charge in [-0.25, -0.2) is 4.98 Å². The van der Waals surface area contributed by atoms with Gasteiger partial charge in [-0.3, -0.25) is 4.79 Å². The number of nitrogens with one attached hydrogen (secondary N) is 1. The van der Waals surface area contributed by atoms with Gasteiger partial charge in [0.25, 0.3) is 0 Å². The highest BCUT2D eigenvalue weighted by Crippen LogP contribution is 2.20. The lowest BCUT2D eigenvalue weighted by atomic mass is 10.1. The van der Waals surface area contributed by atoms with Crippen LogP contribution >= 0.6 is 11.3 Å². The molecule has 0 saturated carbocycles. The van der Waals surface area contributed by atoms with Crippen LogP contribution in [0.15, 0.2) is 5.38 Å². The van der Waals surface area contributed by atoms with E-state index in [1.54, 1.807) is 12.3 Å². The molecule has 1 unspecified atom stereocenters. The number of amides is 1. The largest absolute Gasteiger partial charge is 0.387 e. The number of carbonyl (C=O) groups excluding carboxylic acids is 1. The van der Waals surface area contributed by atoms with Crippen molar-refractivity contribution in [2.45, 2.75) is 39.7 Å². The van der Waals surface area contributed by atoms with Crippen LogP contribution in [0.2, 0.25) is 0 Å². The van der Waals surface area contributed by atoms with E-state index in [4.69, 9.17) is 0 Å². The average Bonchev–Trinajstić information content (AvgIpc) is 2.63. The van der Waals surface area contributed by atoms with E-state index in [9.17, 15) is 9.90 Å². The van der Waals surface area contributed by atoms with Crippen molar-refractivity contribution in [3.05, 3.63) is 11.1 Å². The Morgan fingerprint density at radius 1 is 1.56 bits per heavy atom. The maximum Gasteiger partial charge on any atom is 0.226 e. The molecule has 1 atom stereocenters. The molecule has 4 nitrogen and oxygen atoms in total. The lowest BCUT2D eigenvalue weighted by Gasteiger charge is -2.04. The first-order valence-corrected chi connectivity index (χ1v) is 6.30. The minimum Gasteiger partial charge on any atom is -0.387 e. The van der Waals surface area contributed by atoms with E-state index in [-0.39, 0.29) is 5.91 Å². The number of nitrogens with zero attached hydrogens (tertiary/aromatic N) is 1. The predicted octanol–water partition coefficient (Wildman–Crippen LogP) is 2.57. The van der Waals surface area contributed by atoms with Crippen LogP contribution in [0.1, 0.15) is 45.4 Å². The number of aliphatic hydroxyl groups excluding tert-OH is 1. The molecule has 0 aromatic carbocycles. The second-order valence-electron chi connectivity index (χ2n) is 4.23. The van der Waals surface area contributed by atoms with Gasteiger partial charge in [-0.15, -0.1) is 11.3 Å². The number of thiazole rings is 1. The maximum atomic E-state index is 11.5. The Bertz CT molecular complexity index is 348. The van der Waals surface area contributed by atoms with Gasteiger partial charge in [0.2, 0.25) is 5.91 Å². The summed E-state index contributed by atoms with van der Waals surface area (Å²) >= 11 is 1.34. The normalized spacial score (nSPS) is 12.8. The van der Waals surface area contributed by atoms with Gasteiger partial charge in [-0.2, -0.15) is 0 Å². The summed E-state index contributed by atoms with van der Waals surface area (Å²) in [6.45, 7) is 5.82. The summed E-state index contributed by atoms with van der Waals surface area (Å²) in [6.07, 6.45) is 0.805. The molecule has 0 aliphatic heterocycles. The summed E-state index contributed by atoms with van der Waals surface area (Å²) in [6, 6.07) is 0. The molecule has 1 aromatic heterocycles. The van der Waals surface area contributed by atoms with E-state index >= 15 is 0 Å². The van der Waals surface area contributed by atoms with Gasteiger partial charge in [0.05, 0.1) is 11.8 Å². The van der Waals surface area contributed by atoms with Crippen LogP contribution in [0.25, 0.3) is 0 Å². The molecule has 0 aliphatic rings. The van der Waals surface area contributed by atoms with Crippen molar-refractivity contribution in [1.82, 2.24) is 4.98 Å². The van der Waals surface area contributed by atoms with Crippen molar-refractivity contribution in [3.63, 3.8) is 0 Å². The highest BCUT2D eigenvalue weighted by atomic mass is 32.1. The molecule has 0 spiro atoms. The van der Waals surface area contributed by atoms with Crippen molar-refractivity contribution in [2.24, 2.45) is 5.92 Å². The molecule has 1 amide bonds. The van der Waals surface area contributed by atoms with Crippen molar-refractivity contribution < 1.29 is 9.90 Å². The van der Waals surface area contributed by atoms with Gasteiger partial charge in [0.1, 0.15) is 0 Å². The van der Waals surface area contributed by atoms with E-state index < -0.39 is 6.10 Å². The third-order valence-corrected chi connectivity index (χ3v) is 2.92. The summed E-state index contributed by atoms with van der Waals surface area (Å²) in [4.78, 5) is 15.6.